The molecule has 1 heterocycles. The number of non-ortho nitro benzene ring substituents is 1. The number of nitro groups is 1. The minimum Gasteiger partial charge on any atom is -0.507 e. The maximum absolute atomic E-state index is 13.4. The van der Waals surface area contributed by atoms with Crippen molar-refractivity contribution in [3.05, 3.63) is 136 Å². The molecule has 0 bridgehead atoms. The quantitative estimate of drug-likeness (QED) is 0.127. The monoisotopic (exact) mass is 476 g/mol. The first-order chi connectivity index (χ1) is 17.5. The van der Waals surface area contributed by atoms with Gasteiger partial charge >= 0.3 is 0 Å². The number of aliphatic hydroxyl groups excluding tert-OH is 1. The highest BCUT2D eigenvalue weighted by molar-refractivity contribution is 6.51. The number of aliphatic hydroxyl groups is 1. The summed E-state index contributed by atoms with van der Waals surface area (Å²) in [6.07, 6.45) is 0. The highest BCUT2D eigenvalue weighted by atomic mass is 16.6. The van der Waals surface area contributed by atoms with Gasteiger partial charge in [-0.1, -0.05) is 72.8 Å². The molecule has 7 nitrogen and oxygen atoms in total. The number of carbonyl (C=O) groups is 2. The zero-order valence-electron chi connectivity index (χ0n) is 18.9. The summed E-state index contributed by atoms with van der Waals surface area (Å²) in [6, 6.07) is 30.0. The fraction of sp³-hybridized carbons (Fsp3) is 0.0345. The molecule has 0 aliphatic carbocycles. The molecule has 1 aliphatic rings. The summed E-state index contributed by atoms with van der Waals surface area (Å²) in [7, 11) is 0. The Morgan fingerprint density at radius 1 is 0.778 bits per heavy atom. The fourth-order valence-corrected chi connectivity index (χ4v) is 4.41. The maximum Gasteiger partial charge on any atom is 0.300 e. The number of Topliss-reactive ketones (excluding diaryl/α,β-unsaturated/α-hetero) is 1. The Morgan fingerprint density at radius 3 is 2.03 bits per heavy atom. The average Bonchev–Trinajstić information content (AvgIpc) is 3.19. The SMILES string of the molecule is O=C1C(=O)N(c2cccc(-c3ccccc3)c2)C(c2ccc([N+](=O)[O-])cc2)/C1=C(/O)c1ccccc1. The number of anilines is 1. The van der Waals surface area contributed by atoms with E-state index < -0.39 is 22.7 Å². The van der Waals surface area contributed by atoms with Gasteiger partial charge in [-0.05, 0) is 41.0 Å². The predicted molar refractivity (Wildman–Crippen MR) is 136 cm³/mol. The number of ketones is 1. The van der Waals surface area contributed by atoms with Crippen molar-refractivity contribution >= 4 is 28.8 Å². The third kappa shape index (κ3) is 4.03. The fourth-order valence-electron chi connectivity index (χ4n) is 4.41. The van der Waals surface area contributed by atoms with E-state index in [9.17, 15) is 24.8 Å². The van der Waals surface area contributed by atoms with Gasteiger partial charge in [0.2, 0.25) is 0 Å². The lowest BCUT2D eigenvalue weighted by Gasteiger charge is -2.26. The minimum absolute atomic E-state index is 0.0785. The van der Waals surface area contributed by atoms with Gasteiger partial charge in [-0.25, -0.2) is 0 Å². The molecule has 0 aromatic heterocycles. The summed E-state index contributed by atoms with van der Waals surface area (Å²) >= 11 is 0. The molecule has 36 heavy (non-hydrogen) atoms. The molecule has 7 heteroatoms. The number of rotatable bonds is 5. The number of hydrogen-bond donors (Lipinski definition) is 1. The number of amides is 1. The lowest BCUT2D eigenvalue weighted by Crippen LogP contribution is -2.29. The second-order valence-electron chi connectivity index (χ2n) is 8.30. The molecule has 1 unspecified atom stereocenters. The largest absolute Gasteiger partial charge is 0.507 e. The van der Waals surface area contributed by atoms with E-state index in [1.165, 1.54) is 29.2 Å². The molecule has 1 fully saturated rings. The standard InChI is InChI=1S/C29H20N2O5/c32-27(21-10-5-2-6-11-21)25-26(20-14-16-23(17-15-20)31(35)36)30(29(34)28(25)33)24-13-7-12-22(18-24)19-8-3-1-4-9-19/h1-18,26,32H/b27-25-. The highest BCUT2D eigenvalue weighted by Crippen LogP contribution is 2.43. The first-order valence-electron chi connectivity index (χ1n) is 11.2. The molecule has 4 aromatic carbocycles. The normalized spacial score (nSPS) is 16.8. The van der Waals surface area contributed by atoms with Gasteiger partial charge in [-0.15, -0.1) is 0 Å². The van der Waals surface area contributed by atoms with Crippen molar-refractivity contribution in [1.29, 1.82) is 0 Å². The molecule has 0 saturated carbocycles. The van der Waals surface area contributed by atoms with Crippen LogP contribution in [0.3, 0.4) is 0 Å². The first-order valence-corrected chi connectivity index (χ1v) is 11.2. The topological polar surface area (TPSA) is 101 Å². The number of carbonyl (C=O) groups excluding carboxylic acids is 2. The zero-order valence-corrected chi connectivity index (χ0v) is 18.9. The molecular formula is C29H20N2O5. The van der Waals surface area contributed by atoms with Crippen molar-refractivity contribution in [2.45, 2.75) is 6.04 Å². The van der Waals surface area contributed by atoms with Crippen molar-refractivity contribution in [3.63, 3.8) is 0 Å². The van der Waals surface area contributed by atoms with E-state index in [0.717, 1.165) is 11.1 Å². The highest BCUT2D eigenvalue weighted by Gasteiger charge is 2.47. The van der Waals surface area contributed by atoms with Gasteiger partial charge in [0.05, 0.1) is 16.5 Å². The Bertz CT molecular complexity index is 1500. The molecule has 1 aliphatic heterocycles. The van der Waals surface area contributed by atoms with Gasteiger partial charge in [-0.3, -0.25) is 24.6 Å². The molecule has 1 amide bonds. The van der Waals surface area contributed by atoms with Crippen LogP contribution >= 0.6 is 0 Å². The van der Waals surface area contributed by atoms with Gasteiger partial charge in [-0.2, -0.15) is 0 Å². The van der Waals surface area contributed by atoms with Crippen LogP contribution in [0.4, 0.5) is 11.4 Å². The van der Waals surface area contributed by atoms with Gasteiger partial charge in [0.25, 0.3) is 17.4 Å². The van der Waals surface area contributed by atoms with Crippen LogP contribution in [-0.4, -0.2) is 21.7 Å². The number of hydrogen-bond acceptors (Lipinski definition) is 5. The van der Waals surface area contributed by atoms with Gasteiger partial charge in [0, 0.05) is 23.4 Å². The Morgan fingerprint density at radius 2 is 1.39 bits per heavy atom. The number of nitrogens with zero attached hydrogens (tertiary/aromatic N) is 2. The Hall–Kier alpha value is -5.04. The van der Waals surface area contributed by atoms with Crippen LogP contribution in [0.1, 0.15) is 17.2 Å². The van der Waals surface area contributed by atoms with Crippen molar-refractivity contribution in [2.75, 3.05) is 4.90 Å². The predicted octanol–water partition coefficient (Wildman–Crippen LogP) is 5.89. The van der Waals surface area contributed by atoms with E-state index in [-0.39, 0.29) is 17.0 Å². The number of nitro benzene ring substituents is 1. The molecule has 0 radical (unpaired) electrons. The van der Waals surface area contributed by atoms with E-state index in [4.69, 9.17) is 0 Å². The van der Waals surface area contributed by atoms with Crippen LogP contribution in [0.2, 0.25) is 0 Å². The Balaban J connectivity index is 1.69. The lowest BCUT2D eigenvalue weighted by molar-refractivity contribution is -0.384. The third-order valence-electron chi connectivity index (χ3n) is 6.14. The molecule has 176 valence electrons. The van der Waals surface area contributed by atoms with Crippen molar-refractivity contribution < 1.29 is 19.6 Å². The molecule has 0 spiro atoms. The molecule has 1 N–H and O–H groups in total. The summed E-state index contributed by atoms with van der Waals surface area (Å²) in [5.41, 5.74) is 2.90. The van der Waals surface area contributed by atoms with Crippen LogP contribution in [0.15, 0.2) is 115 Å². The van der Waals surface area contributed by atoms with Crippen molar-refractivity contribution in [2.24, 2.45) is 0 Å². The Labute approximate surface area is 206 Å². The lowest BCUT2D eigenvalue weighted by atomic mass is 9.94. The van der Waals surface area contributed by atoms with Crippen LogP contribution in [0.25, 0.3) is 16.9 Å². The van der Waals surface area contributed by atoms with E-state index in [1.807, 2.05) is 36.4 Å². The van der Waals surface area contributed by atoms with Crippen LogP contribution in [-0.2, 0) is 9.59 Å². The van der Waals surface area contributed by atoms with Gasteiger partial charge in [0.15, 0.2) is 0 Å². The number of benzene rings is 4. The molecule has 1 atom stereocenters. The summed E-state index contributed by atoms with van der Waals surface area (Å²) < 4.78 is 0. The summed E-state index contributed by atoms with van der Waals surface area (Å²) in [6.45, 7) is 0. The first kappa shape index (κ1) is 22.7. The zero-order chi connectivity index (χ0) is 25.2. The second kappa shape index (κ2) is 9.31. The van der Waals surface area contributed by atoms with E-state index in [2.05, 4.69) is 0 Å². The summed E-state index contributed by atoms with van der Waals surface area (Å²) in [5.74, 6) is -1.93. The molecular weight excluding hydrogens is 456 g/mol. The van der Waals surface area contributed by atoms with Crippen molar-refractivity contribution in [3.8, 4) is 11.1 Å². The summed E-state index contributed by atoms with van der Waals surface area (Å²) in [4.78, 5) is 38.7. The summed E-state index contributed by atoms with van der Waals surface area (Å²) in [5, 5.41) is 22.3. The smallest absolute Gasteiger partial charge is 0.300 e. The van der Waals surface area contributed by atoms with Crippen LogP contribution in [0, 0.1) is 10.1 Å². The molecule has 1 saturated heterocycles. The second-order valence-corrected chi connectivity index (χ2v) is 8.30. The third-order valence-corrected chi connectivity index (χ3v) is 6.14. The maximum atomic E-state index is 13.4. The van der Waals surface area contributed by atoms with Gasteiger partial charge in [0.1, 0.15) is 5.76 Å². The molecule has 4 aromatic rings. The van der Waals surface area contributed by atoms with Crippen LogP contribution < -0.4 is 4.90 Å². The Kier molecular flexibility index (Phi) is 5.88. The minimum atomic E-state index is -0.975. The van der Waals surface area contributed by atoms with Gasteiger partial charge < -0.3 is 5.11 Å². The average molecular weight is 476 g/mol. The van der Waals surface area contributed by atoms with E-state index >= 15 is 0 Å². The van der Waals surface area contributed by atoms with Crippen LogP contribution in [0.5, 0.6) is 0 Å². The van der Waals surface area contributed by atoms with E-state index in [1.54, 1.807) is 48.5 Å². The van der Waals surface area contributed by atoms with Crippen molar-refractivity contribution in [1.82, 2.24) is 0 Å². The van der Waals surface area contributed by atoms with E-state index in [0.29, 0.717) is 16.8 Å². The molecule has 5 rings (SSSR count).